The first kappa shape index (κ1) is 14.2. The lowest BCUT2D eigenvalue weighted by Crippen LogP contribution is -2.38. The number of hydrogen-bond donors (Lipinski definition) is 1. The number of nitrogens with one attached hydrogen (secondary N) is 1. The van der Waals surface area contributed by atoms with Crippen molar-refractivity contribution in [1.29, 1.82) is 0 Å². The largest absolute Gasteiger partial charge is 0.379 e. The summed E-state index contributed by atoms with van der Waals surface area (Å²) in [5.41, 5.74) is 1.18. The minimum absolute atomic E-state index is 0.0882. The molecule has 0 saturated heterocycles. The van der Waals surface area contributed by atoms with Gasteiger partial charge in [-0.15, -0.1) is 0 Å². The summed E-state index contributed by atoms with van der Waals surface area (Å²) in [5, 5.41) is 7.72. The second-order valence-corrected chi connectivity index (χ2v) is 5.15. The molecule has 0 amide bonds. The van der Waals surface area contributed by atoms with Gasteiger partial charge in [0.1, 0.15) is 0 Å². The minimum atomic E-state index is -0.0882. The third-order valence-electron chi connectivity index (χ3n) is 3.02. The lowest BCUT2D eigenvalue weighted by atomic mass is 9.95. The SMILES string of the molecule is CCNC(Cc1cnn(C)c1)CC(C)(C)OC. The molecule has 4 heteroatoms. The Hall–Kier alpha value is -0.870. The molecule has 0 aliphatic rings. The van der Waals surface area contributed by atoms with Gasteiger partial charge in [0.2, 0.25) is 0 Å². The fourth-order valence-corrected chi connectivity index (χ4v) is 2.04. The molecular formula is C13H25N3O. The van der Waals surface area contributed by atoms with Crippen LogP contribution in [0.4, 0.5) is 0 Å². The maximum Gasteiger partial charge on any atom is 0.0637 e. The molecule has 1 N–H and O–H groups in total. The van der Waals surface area contributed by atoms with Crippen LogP contribution in [0.3, 0.4) is 0 Å². The van der Waals surface area contributed by atoms with Crippen LogP contribution in [0.5, 0.6) is 0 Å². The summed E-state index contributed by atoms with van der Waals surface area (Å²) >= 11 is 0. The van der Waals surface area contributed by atoms with Gasteiger partial charge in [-0.05, 0) is 38.8 Å². The predicted octanol–water partition coefficient (Wildman–Crippen LogP) is 1.76. The number of nitrogens with zero attached hydrogens (tertiary/aromatic N) is 2. The van der Waals surface area contributed by atoms with E-state index in [0.29, 0.717) is 6.04 Å². The smallest absolute Gasteiger partial charge is 0.0637 e. The Morgan fingerprint density at radius 3 is 2.71 bits per heavy atom. The second-order valence-electron chi connectivity index (χ2n) is 5.15. The highest BCUT2D eigenvalue weighted by atomic mass is 16.5. The minimum Gasteiger partial charge on any atom is -0.379 e. The summed E-state index contributed by atoms with van der Waals surface area (Å²) in [6.07, 6.45) is 6.00. The zero-order chi connectivity index (χ0) is 12.9. The molecule has 0 fully saturated rings. The van der Waals surface area contributed by atoms with Gasteiger partial charge < -0.3 is 10.1 Å². The van der Waals surface area contributed by atoms with Crippen molar-refractivity contribution in [2.45, 2.75) is 45.3 Å². The van der Waals surface area contributed by atoms with Crippen molar-refractivity contribution in [2.24, 2.45) is 7.05 Å². The van der Waals surface area contributed by atoms with Crippen molar-refractivity contribution in [3.63, 3.8) is 0 Å². The number of ether oxygens (including phenoxy) is 1. The molecule has 98 valence electrons. The van der Waals surface area contributed by atoms with Gasteiger partial charge in [-0.3, -0.25) is 4.68 Å². The molecule has 0 aliphatic carbocycles. The molecule has 1 aromatic heterocycles. The van der Waals surface area contributed by atoms with Crippen LogP contribution in [-0.2, 0) is 18.2 Å². The summed E-state index contributed by atoms with van der Waals surface area (Å²) in [6, 6.07) is 0.430. The molecule has 1 heterocycles. The molecule has 0 saturated carbocycles. The fourth-order valence-electron chi connectivity index (χ4n) is 2.04. The number of aromatic nitrogens is 2. The van der Waals surface area contributed by atoms with E-state index < -0.39 is 0 Å². The van der Waals surface area contributed by atoms with Gasteiger partial charge in [-0.2, -0.15) is 5.10 Å². The zero-order valence-electron chi connectivity index (χ0n) is 11.7. The highest BCUT2D eigenvalue weighted by Gasteiger charge is 2.22. The van der Waals surface area contributed by atoms with Crippen molar-refractivity contribution in [2.75, 3.05) is 13.7 Å². The molecule has 0 bridgehead atoms. The van der Waals surface area contributed by atoms with E-state index in [1.165, 1.54) is 5.56 Å². The lowest BCUT2D eigenvalue weighted by Gasteiger charge is -2.28. The number of methoxy groups -OCH3 is 1. The van der Waals surface area contributed by atoms with E-state index in [4.69, 9.17) is 4.74 Å². The van der Waals surface area contributed by atoms with Crippen LogP contribution in [0.25, 0.3) is 0 Å². The summed E-state index contributed by atoms with van der Waals surface area (Å²) in [6.45, 7) is 7.36. The third-order valence-corrected chi connectivity index (χ3v) is 3.02. The molecule has 1 atom stereocenters. The van der Waals surface area contributed by atoms with E-state index in [0.717, 1.165) is 19.4 Å². The normalized spacial score (nSPS) is 13.9. The van der Waals surface area contributed by atoms with Crippen LogP contribution in [0.1, 0.15) is 32.8 Å². The van der Waals surface area contributed by atoms with Gasteiger partial charge in [0, 0.05) is 26.4 Å². The Morgan fingerprint density at radius 1 is 1.53 bits per heavy atom. The van der Waals surface area contributed by atoms with Gasteiger partial charge in [-0.1, -0.05) is 6.92 Å². The van der Waals surface area contributed by atoms with E-state index in [1.54, 1.807) is 7.11 Å². The van der Waals surface area contributed by atoms with Crippen LogP contribution in [0, 0.1) is 0 Å². The molecule has 0 radical (unpaired) electrons. The van der Waals surface area contributed by atoms with Gasteiger partial charge in [0.05, 0.1) is 11.8 Å². The van der Waals surface area contributed by atoms with E-state index >= 15 is 0 Å². The first-order valence-electron chi connectivity index (χ1n) is 6.23. The van der Waals surface area contributed by atoms with Crippen LogP contribution in [-0.4, -0.2) is 35.1 Å². The number of rotatable bonds is 7. The Morgan fingerprint density at radius 2 is 2.24 bits per heavy atom. The van der Waals surface area contributed by atoms with Crippen LogP contribution in [0.2, 0.25) is 0 Å². The molecule has 1 unspecified atom stereocenters. The molecule has 0 spiro atoms. The average molecular weight is 239 g/mol. The van der Waals surface area contributed by atoms with Gasteiger partial charge >= 0.3 is 0 Å². The standard InChI is InChI=1S/C13H25N3O/c1-6-14-12(8-13(2,3)17-5)7-11-9-15-16(4)10-11/h9-10,12,14H,6-8H2,1-5H3. The Bertz CT molecular complexity index is 333. The summed E-state index contributed by atoms with van der Waals surface area (Å²) in [7, 11) is 3.72. The number of likely N-dealkylation sites (N-methyl/N-ethyl adjacent to an activating group) is 1. The van der Waals surface area contributed by atoms with E-state index in [9.17, 15) is 0 Å². The first-order chi connectivity index (χ1) is 7.96. The average Bonchev–Trinajstić information content (AvgIpc) is 2.64. The van der Waals surface area contributed by atoms with Crippen molar-refractivity contribution in [3.8, 4) is 0 Å². The van der Waals surface area contributed by atoms with Crippen molar-refractivity contribution < 1.29 is 4.74 Å². The van der Waals surface area contributed by atoms with E-state index in [1.807, 2.05) is 17.9 Å². The maximum atomic E-state index is 5.50. The third kappa shape index (κ3) is 4.88. The molecule has 0 aromatic carbocycles. The fraction of sp³-hybridized carbons (Fsp3) is 0.769. The van der Waals surface area contributed by atoms with E-state index in [2.05, 4.69) is 37.4 Å². The summed E-state index contributed by atoms with van der Waals surface area (Å²) in [5.74, 6) is 0. The maximum absolute atomic E-state index is 5.50. The molecular weight excluding hydrogens is 214 g/mol. The topological polar surface area (TPSA) is 39.1 Å². The van der Waals surface area contributed by atoms with Crippen LogP contribution < -0.4 is 5.32 Å². The number of aryl methyl sites for hydroxylation is 1. The molecule has 1 rings (SSSR count). The summed E-state index contributed by atoms with van der Waals surface area (Å²) in [4.78, 5) is 0. The second kappa shape index (κ2) is 6.17. The first-order valence-corrected chi connectivity index (χ1v) is 6.23. The molecule has 17 heavy (non-hydrogen) atoms. The van der Waals surface area contributed by atoms with Gasteiger partial charge in [0.25, 0.3) is 0 Å². The molecule has 0 aliphatic heterocycles. The van der Waals surface area contributed by atoms with Crippen molar-refractivity contribution in [1.82, 2.24) is 15.1 Å². The highest BCUT2D eigenvalue weighted by molar-refractivity contribution is 5.06. The summed E-state index contributed by atoms with van der Waals surface area (Å²) < 4.78 is 7.34. The van der Waals surface area contributed by atoms with Gasteiger partial charge in [0.15, 0.2) is 0 Å². The molecule has 4 nitrogen and oxygen atoms in total. The van der Waals surface area contributed by atoms with Crippen molar-refractivity contribution in [3.05, 3.63) is 18.0 Å². The lowest BCUT2D eigenvalue weighted by molar-refractivity contribution is 0.00726. The van der Waals surface area contributed by atoms with Crippen LogP contribution in [0.15, 0.2) is 12.4 Å². The monoisotopic (exact) mass is 239 g/mol. The van der Waals surface area contributed by atoms with Gasteiger partial charge in [-0.25, -0.2) is 0 Å². The quantitative estimate of drug-likeness (QED) is 0.788. The Labute approximate surface area is 104 Å². The van der Waals surface area contributed by atoms with Crippen LogP contribution >= 0.6 is 0 Å². The Kier molecular flexibility index (Phi) is 5.15. The Balaban J connectivity index is 2.60. The highest BCUT2D eigenvalue weighted by Crippen LogP contribution is 2.18. The molecule has 1 aromatic rings. The predicted molar refractivity (Wildman–Crippen MR) is 70.1 cm³/mol. The van der Waals surface area contributed by atoms with E-state index in [-0.39, 0.29) is 5.60 Å². The number of hydrogen-bond acceptors (Lipinski definition) is 3. The van der Waals surface area contributed by atoms with Crippen molar-refractivity contribution >= 4 is 0 Å². The zero-order valence-corrected chi connectivity index (χ0v) is 11.7.